The van der Waals surface area contributed by atoms with Crippen LogP contribution in [0.25, 0.3) is 0 Å². The smallest absolute Gasteiger partial charge is 0.450 e. The summed E-state index contributed by atoms with van der Waals surface area (Å²) in [5.74, 6) is 0. The highest BCUT2D eigenvalue weighted by atomic mass is 16.7. The van der Waals surface area contributed by atoms with Crippen molar-refractivity contribution < 1.29 is 24.5 Å². The van der Waals surface area contributed by atoms with Crippen LogP contribution in [-0.4, -0.2) is 35.4 Å². The van der Waals surface area contributed by atoms with Crippen molar-refractivity contribution in [1.82, 2.24) is 0 Å². The number of hydrogen-bond donors (Lipinski definition) is 2. The Labute approximate surface area is 70.9 Å². The van der Waals surface area contributed by atoms with E-state index in [9.17, 15) is 0 Å². The van der Waals surface area contributed by atoms with Crippen LogP contribution in [0.1, 0.15) is 20.3 Å². The molecule has 0 aromatic carbocycles. The standard InChI is InChI=1S/C6H12O2.CH2O3/c1-5-3-6(2)8-4-7-5;2-1(3)4/h5-6H,3-4H2,1-2H3;(H2,2,3,4). The maximum Gasteiger partial charge on any atom is 0.503 e. The summed E-state index contributed by atoms with van der Waals surface area (Å²) in [4.78, 5) is 8.56. The summed E-state index contributed by atoms with van der Waals surface area (Å²) in [5, 5.41) is 13.9. The van der Waals surface area contributed by atoms with E-state index in [2.05, 4.69) is 13.8 Å². The molecule has 1 aliphatic rings. The van der Waals surface area contributed by atoms with Crippen molar-refractivity contribution in [2.45, 2.75) is 32.5 Å². The molecule has 12 heavy (non-hydrogen) atoms. The van der Waals surface area contributed by atoms with Crippen LogP contribution in [0.5, 0.6) is 0 Å². The van der Waals surface area contributed by atoms with Crippen molar-refractivity contribution >= 4 is 6.16 Å². The molecule has 0 saturated carbocycles. The summed E-state index contributed by atoms with van der Waals surface area (Å²) < 4.78 is 10.3. The summed E-state index contributed by atoms with van der Waals surface area (Å²) in [6, 6.07) is 0. The fourth-order valence-corrected chi connectivity index (χ4v) is 0.875. The number of carbonyl (C=O) groups is 1. The maximum absolute atomic E-state index is 8.56. The molecule has 72 valence electrons. The Morgan fingerprint density at radius 3 is 1.75 bits per heavy atom. The van der Waals surface area contributed by atoms with Gasteiger partial charge in [-0.1, -0.05) is 0 Å². The highest BCUT2D eigenvalue weighted by Crippen LogP contribution is 2.10. The zero-order chi connectivity index (χ0) is 9.56. The van der Waals surface area contributed by atoms with E-state index in [0.29, 0.717) is 19.0 Å². The molecular weight excluding hydrogens is 164 g/mol. The van der Waals surface area contributed by atoms with Gasteiger partial charge in [0.15, 0.2) is 0 Å². The number of hydrogen-bond acceptors (Lipinski definition) is 3. The van der Waals surface area contributed by atoms with E-state index in [-0.39, 0.29) is 0 Å². The van der Waals surface area contributed by atoms with E-state index in [0.717, 1.165) is 6.42 Å². The van der Waals surface area contributed by atoms with Gasteiger partial charge in [0.05, 0.1) is 12.2 Å². The summed E-state index contributed by atoms with van der Waals surface area (Å²) in [5.41, 5.74) is 0. The average Bonchev–Trinajstić information content (AvgIpc) is 1.84. The van der Waals surface area contributed by atoms with Gasteiger partial charge in [-0.2, -0.15) is 0 Å². The molecule has 1 heterocycles. The van der Waals surface area contributed by atoms with Crippen LogP contribution in [0.3, 0.4) is 0 Å². The van der Waals surface area contributed by atoms with E-state index < -0.39 is 6.16 Å². The molecular formula is C7H14O5. The molecule has 0 amide bonds. The second kappa shape index (κ2) is 5.79. The van der Waals surface area contributed by atoms with Crippen LogP contribution in [0.2, 0.25) is 0 Å². The van der Waals surface area contributed by atoms with Gasteiger partial charge in [0, 0.05) is 0 Å². The van der Waals surface area contributed by atoms with Crippen molar-refractivity contribution in [3.63, 3.8) is 0 Å². The van der Waals surface area contributed by atoms with Gasteiger partial charge >= 0.3 is 6.16 Å². The first-order valence-corrected chi connectivity index (χ1v) is 3.67. The molecule has 0 spiro atoms. The van der Waals surface area contributed by atoms with Gasteiger partial charge in [-0.05, 0) is 20.3 Å². The van der Waals surface area contributed by atoms with E-state index >= 15 is 0 Å². The van der Waals surface area contributed by atoms with E-state index in [4.69, 9.17) is 24.5 Å². The zero-order valence-corrected chi connectivity index (χ0v) is 7.19. The molecule has 5 heteroatoms. The normalized spacial score (nSPS) is 28.5. The molecule has 2 N–H and O–H groups in total. The molecule has 0 aromatic rings. The highest BCUT2D eigenvalue weighted by molar-refractivity contribution is 5.53. The van der Waals surface area contributed by atoms with Crippen molar-refractivity contribution in [3.8, 4) is 0 Å². The molecule has 0 bridgehead atoms. The highest BCUT2D eigenvalue weighted by Gasteiger charge is 2.14. The maximum atomic E-state index is 8.56. The van der Waals surface area contributed by atoms with Crippen LogP contribution in [-0.2, 0) is 9.47 Å². The van der Waals surface area contributed by atoms with Crippen LogP contribution in [0, 0.1) is 0 Å². The van der Waals surface area contributed by atoms with Gasteiger partial charge in [0.1, 0.15) is 6.79 Å². The summed E-state index contributed by atoms with van der Waals surface area (Å²) >= 11 is 0. The molecule has 2 unspecified atom stereocenters. The number of carboxylic acid groups (broad SMARTS) is 2. The molecule has 2 atom stereocenters. The monoisotopic (exact) mass is 178 g/mol. The Kier molecular flexibility index (Phi) is 5.40. The van der Waals surface area contributed by atoms with E-state index in [1.807, 2.05) is 0 Å². The lowest BCUT2D eigenvalue weighted by Gasteiger charge is -2.24. The molecule has 1 saturated heterocycles. The quantitative estimate of drug-likeness (QED) is 0.586. The lowest BCUT2D eigenvalue weighted by Crippen LogP contribution is -2.26. The molecule has 5 nitrogen and oxygen atoms in total. The summed E-state index contributed by atoms with van der Waals surface area (Å²) in [6.45, 7) is 4.61. The van der Waals surface area contributed by atoms with Gasteiger partial charge in [-0.15, -0.1) is 0 Å². The van der Waals surface area contributed by atoms with Crippen LogP contribution in [0.15, 0.2) is 0 Å². The van der Waals surface area contributed by atoms with Gasteiger partial charge in [0.25, 0.3) is 0 Å². The number of rotatable bonds is 0. The molecule has 0 aliphatic carbocycles. The Bertz CT molecular complexity index is 124. The minimum atomic E-state index is -1.83. The second-order valence-electron chi connectivity index (χ2n) is 2.59. The predicted molar refractivity (Wildman–Crippen MR) is 41.2 cm³/mol. The Hall–Kier alpha value is -0.810. The van der Waals surface area contributed by atoms with E-state index in [1.165, 1.54) is 0 Å². The third-order valence-corrected chi connectivity index (χ3v) is 1.37. The van der Waals surface area contributed by atoms with Crippen molar-refractivity contribution in [2.24, 2.45) is 0 Å². The Morgan fingerprint density at radius 1 is 1.25 bits per heavy atom. The molecule has 1 fully saturated rings. The summed E-state index contributed by atoms with van der Waals surface area (Å²) in [7, 11) is 0. The molecule has 1 rings (SSSR count). The van der Waals surface area contributed by atoms with Gasteiger partial charge in [0.2, 0.25) is 0 Å². The molecule has 1 aliphatic heterocycles. The van der Waals surface area contributed by atoms with Gasteiger partial charge in [-0.25, -0.2) is 4.79 Å². The first kappa shape index (κ1) is 11.2. The van der Waals surface area contributed by atoms with Crippen LogP contribution < -0.4 is 0 Å². The van der Waals surface area contributed by atoms with E-state index in [1.54, 1.807) is 0 Å². The van der Waals surface area contributed by atoms with Crippen molar-refractivity contribution in [1.29, 1.82) is 0 Å². The predicted octanol–water partition coefficient (Wildman–Crippen LogP) is 1.38. The third-order valence-electron chi connectivity index (χ3n) is 1.37. The SMILES string of the molecule is CC1CC(C)OCO1.O=C(O)O. The second-order valence-corrected chi connectivity index (χ2v) is 2.59. The topological polar surface area (TPSA) is 76.0 Å². The summed E-state index contributed by atoms with van der Waals surface area (Å²) in [6.07, 6.45) is -0.0301. The van der Waals surface area contributed by atoms with Crippen LogP contribution in [0.4, 0.5) is 4.79 Å². The Morgan fingerprint density at radius 2 is 1.58 bits per heavy atom. The third kappa shape index (κ3) is 7.30. The largest absolute Gasteiger partial charge is 0.503 e. The first-order chi connectivity index (χ1) is 5.52. The molecule has 0 radical (unpaired) electrons. The Balaban J connectivity index is 0.000000261. The molecule has 0 aromatic heterocycles. The van der Waals surface area contributed by atoms with Crippen molar-refractivity contribution in [2.75, 3.05) is 6.79 Å². The van der Waals surface area contributed by atoms with Crippen molar-refractivity contribution in [3.05, 3.63) is 0 Å². The minimum absolute atomic E-state index is 0.388. The van der Waals surface area contributed by atoms with Gasteiger partial charge < -0.3 is 19.7 Å². The fourth-order valence-electron chi connectivity index (χ4n) is 0.875. The van der Waals surface area contributed by atoms with Crippen LogP contribution >= 0.6 is 0 Å². The van der Waals surface area contributed by atoms with Gasteiger partial charge in [-0.3, -0.25) is 0 Å². The lowest BCUT2D eigenvalue weighted by atomic mass is 10.2. The minimum Gasteiger partial charge on any atom is -0.450 e. The number of ether oxygens (including phenoxy) is 2. The first-order valence-electron chi connectivity index (χ1n) is 3.67. The lowest BCUT2D eigenvalue weighted by molar-refractivity contribution is -0.164. The average molecular weight is 178 g/mol. The fraction of sp³-hybridized carbons (Fsp3) is 0.857. The zero-order valence-electron chi connectivity index (χ0n) is 7.19.